The second kappa shape index (κ2) is 7.91. The molecule has 1 aromatic rings. The van der Waals surface area contributed by atoms with Crippen molar-refractivity contribution >= 4 is 0 Å². The monoisotopic (exact) mass is 233 g/mol. The van der Waals surface area contributed by atoms with Gasteiger partial charge in [0.25, 0.3) is 0 Å². The third-order valence-electron chi connectivity index (χ3n) is 2.80. The highest BCUT2D eigenvalue weighted by Crippen LogP contribution is 2.20. The zero-order valence-corrected chi connectivity index (χ0v) is 10.9. The van der Waals surface area contributed by atoms with Gasteiger partial charge in [-0.3, -0.25) is 0 Å². The van der Waals surface area contributed by atoms with Crippen molar-refractivity contribution in [3.63, 3.8) is 0 Å². The Bertz CT molecular complexity index is 318. The van der Waals surface area contributed by atoms with Gasteiger partial charge in [0.1, 0.15) is 5.75 Å². The fourth-order valence-corrected chi connectivity index (χ4v) is 1.72. The first-order valence-corrected chi connectivity index (χ1v) is 6.32. The van der Waals surface area contributed by atoms with Crippen LogP contribution in [0.5, 0.6) is 5.75 Å². The Balaban J connectivity index is 2.56. The molecule has 0 aliphatic heterocycles. The maximum Gasteiger partial charge on any atom is 0.119 e. The summed E-state index contributed by atoms with van der Waals surface area (Å²) < 4.78 is 5.63. The van der Waals surface area contributed by atoms with E-state index < -0.39 is 0 Å². The van der Waals surface area contributed by atoms with Crippen molar-refractivity contribution < 1.29 is 4.74 Å². The molecular formula is C15H23NO. The molecule has 2 nitrogen and oxygen atoms in total. The van der Waals surface area contributed by atoms with Crippen LogP contribution in [-0.2, 0) is 0 Å². The number of ether oxygens (including phenoxy) is 1. The van der Waals surface area contributed by atoms with E-state index in [9.17, 15) is 0 Å². The lowest BCUT2D eigenvalue weighted by Gasteiger charge is -2.15. The van der Waals surface area contributed by atoms with E-state index in [0.717, 1.165) is 25.2 Å². The van der Waals surface area contributed by atoms with Crippen LogP contribution in [-0.4, -0.2) is 13.7 Å². The van der Waals surface area contributed by atoms with Crippen molar-refractivity contribution in [2.24, 2.45) is 0 Å². The van der Waals surface area contributed by atoms with Crippen molar-refractivity contribution in [2.45, 2.75) is 32.2 Å². The molecule has 1 N–H and O–H groups in total. The van der Waals surface area contributed by atoms with E-state index in [1.807, 2.05) is 25.3 Å². The molecule has 17 heavy (non-hydrogen) atoms. The highest BCUT2D eigenvalue weighted by Gasteiger charge is 2.06. The lowest BCUT2D eigenvalue weighted by Crippen LogP contribution is -2.15. The summed E-state index contributed by atoms with van der Waals surface area (Å²) in [7, 11) is 1.97. The van der Waals surface area contributed by atoms with Crippen LogP contribution in [0, 0.1) is 0 Å². The zero-order chi connectivity index (χ0) is 12.5. The van der Waals surface area contributed by atoms with Gasteiger partial charge < -0.3 is 10.1 Å². The van der Waals surface area contributed by atoms with E-state index in [1.54, 1.807) is 0 Å². The molecule has 0 saturated carbocycles. The Morgan fingerprint density at radius 3 is 2.59 bits per heavy atom. The van der Waals surface area contributed by atoms with Crippen molar-refractivity contribution in [3.8, 4) is 5.75 Å². The van der Waals surface area contributed by atoms with Gasteiger partial charge in [-0.1, -0.05) is 31.6 Å². The van der Waals surface area contributed by atoms with Gasteiger partial charge in [0.2, 0.25) is 0 Å². The van der Waals surface area contributed by atoms with E-state index in [1.165, 1.54) is 12.0 Å². The Hall–Kier alpha value is -1.28. The van der Waals surface area contributed by atoms with Gasteiger partial charge in [-0.15, -0.1) is 6.58 Å². The molecule has 1 atom stereocenters. The zero-order valence-electron chi connectivity index (χ0n) is 10.9. The molecule has 1 aromatic carbocycles. The van der Waals surface area contributed by atoms with Gasteiger partial charge in [0, 0.05) is 6.04 Å². The van der Waals surface area contributed by atoms with Crippen LogP contribution in [0.25, 0.3) is 0 Å². The number of hydrogen-bond acceptors (Lipinski definition) is 2. The second-order valence-electron chi connectivity index (χ2n) is 4.14. The predicted octanol–water partition coefficient (Wildman–Crippen LogP) is 3.70. The maximum absolute atomic E-state index is 5.63. The molecule has 0 aromatic heterocycles. The first-order chi connectivity index (χ1) is 8.31. The topological polar surface area (TPSA) is 21.3 Å². The van der Waals surface area contributed by atoms with Crippen LogP contribution in [0.2, 0.25) is 0 Å². The first-order valence-electron chi connectivity index (χ1n) is 6.32. The highest BCUT2D eigenvalue weighted by atomic mass is 16.5. The Morgan fingerprint density at radius 1 is 1.35 bits per heavy atom. The minimum absolute atomic E-state index is 0.345. The Labute approximate surface area is 105 Å². The lowest BCUT2D eigenvalue weighted by molar-refractivity contribution is 0.309. The number of nitrogens with one attached hydrogen (secondary N) is 1. The molecule has 0 aliphatic rings. The summed E-state index contributed by atoms with van der Waals surface area (Å²) in [6, 6.07) is 8.66. The normalized spacial score (nSPS) is 12.1. The van der Waals surface area contributed by atoms with E-state index in [4.69, 9.17) is 4.74 Å². The fourth-order valence-electron chi connectivity index (χ4n) is 1.72. The Kier molecular flexibility index (Phi) is 6.41. The summed E-state index contributed by atoms with van der Waals surface area (Å²) in [6.45, 7) is 6.75. The minimum atomic E-state index is 0.345. The van der Waals surface area contributed by atoms with Gasteiger partial charge in [-0.05, 0) is 37.6 Å². The highest BCUT2D eigenvalue weighted by molar-refractivity contribution is 5.29. The molecule has 0 heterocycles. The Morgan fingerprint density at radius 2 is 2.06 bits per heavy atom. The third-order valence-corrected chi connectivity index (χ3v) is 2.80. The van der Waals surface area contributed by atoms with Crippen LogP contribution in [0.15, 0.2) is 36.9 Å². The van der Waals surface area contributed by atoms with Gasteiger partial charge in [0.15, 0.2) is 0 Å². The van der Waals surface area contributed by atoms with Crippen molar-refractivity contribution in [1.29, 1.82) is 0 Å². The van der Waals surface area contributed by atoms with Crippen LogP contribution in [0.3, 0.4) is 0 Å². The number of unbranched alkanes of at least 4 members (excludes halogenated alkanes) is 1. The molecule has 0 spiro atoms. The molecule has 1 unspecified atom stereocenters. The number of rotatable bonds is 8. The van der Waals surface area contributed by atoms with Crippen LogP contribution in [0.4, 0.5) is 0 Å². The molecule has 0 bridgehead atoms. The molecule has 0 fully saturated rings. The van der Waals surface area contributed by atoms with Gasteiger partial charge in [-0.2, -0.15) is 0 Å². The van der Waals surface area contributed by atoms with E-state index in [-0.39, 0.29) is 0 Å². The fraction of sp³-hybridized carbons (Fsp3) is 0.467. The summed E-state index contributed by atoms with van der Waals surface area (Å²) in [5, 5.41) is 3.28. The van der Waals surface area contributed by atoms with E-state index in [0.29, 0.717) is 6.04 Å². The van der Waals surface area contributed by atoms with E-state index in [2.05, 4.69) is 31.0 Å². The molecule has 0 aliphatic carbocycles. The molecule has 0 saturated heterocycles. The average molecular weight is 233 g/mol. The van der Waals surface area contributed by atoms with Gasteiger partial charge in [-0.25, -0.2) is 0 Å². The SMILES string of the molecule is C=CCC(NC)c1ccc(OCCCC)cc1. The van der Waals surface area contributed by atoms with Gasteiger partial charge in [0.05, 0.1) is 6.61 Å². The second-order valence-corrected chi connectivity index (χ2v) is 4.14. The van der Waals surface area contributed by atoms with E-state index >= 15 is 0 Å². The molecule has 0 amide bonds. The van der Waals surface area contributed by atoms with Crippen LogP contribution >= 0.6 is 0 Å². The van der Waals surface area contributed by atoms with Crippen molar-refractivity contribution in [3.05, 3.63) is 42.5 Å². The van der Waals surface area contributed by atoms with Crippen molar-refractivity contribution in [2.75, 3.05) is 13.7 Å². The average Bonchev–Trinajstić information content (AvgIpc) is 2.37. The summed E-state index contributed by atoms with van der Waals surface area (Å²) in [6.07, 6.45) is 5.15. The quantitative estimate of drug-likeness (QED) is 0.546. The largest absolute Gasteiger partial charge is 0.494 e. The molecule has 1 rings (SSSR count). The van der Waals surface area contributed by atoms with Crippen molar-refractivity contribution in [1.82, 2.24) is 5.32 Å². The lowest BCUT2D eigenvalue weighted by atomic mass is 10.0. The molecule has 0 radical (unpaired) electrons. The summed E-state index contributed by atoms with van der Waals surface area (Å²) in [4.78, 5) is 0. The summed E-state index contributed by atoms with van der Waals surface area (Å²) >= 11 is 0. The first kappa shape index (κ1) is 13.8. The van der Waals surface area contributed by atoms with Gasteiger partial charge >= 0.3 is 0 Å². The standard InChI is InChI=1S/C15H23NO/c1-4-6-12-17-14-10-8-13(9-11-14)15(16-3)7-5-2/h5,8-11,15-16H,2,4,6-7,12H2,1,3H3. The maximum atomic E-state index is 5.63. The van der Waals surface area contributed by atoms with Crippen LogP contribution < -0.4 is 10.1 Å². The summed E-state index contributed by atoms with van der Waals surface area (Å²) in [5.41, 5.74) is 1.27. The number of hydrogen-bond donors (Lipinski definition) is 1. The molecule has 2 heteroatoms. The minimum Gasteiger partial charge on any atom is -0.494 e. The predicted molar refractivity (Wildman–Crippen MR) is 73.5 cm³/mol. The third kappa shape index (κ3) is 4.61. The molecule has 94 valence electrons. The molecular weight excluding hydrogens is 210 g/mol. The van der Waals surface area contributed by atoms with Crippen LogP contribution in [0.1, 0.15) is 37.8 Å². The smallest absolute Gasteiger partial charge is 0.119 e. The number of benzene rings is 1. The summed E-state index contributed by atoms with van der Waals surface area (Å²) in [5.74, 6) is 0.954.